The Kier molecular flexibility index (Phi) is 3.94. The fourth-order valence-electron chi connectivity index (χ4n) is 3.74. The summed E-state index contributed by atoms with van der Waals surface area (Å²) in [7, 11) is 0. The zero-order valence-electron chi connectivity index (χ0n) is 12.0. The maximum atomic E-state index is 13.3. The summed E-state index contributed by atoms with van der Waals surface area (Å²) in [5.74, 6) is 0.603. The van der Waals surface area contributed by atoms with Crippen LogP contribution in [0.1, 0.15) is 50.5 Å². The van der Waals surface area contributed by atoms with Gasteiger partial charge in [0.1, 0.15) is 17.7 Å². The van der Waals surface area contributed by atoms with E-state index in [1.54, 1.807) is 19.1 Å². The van der Waals surface area contributed by atoms with Gasteiger partial charge in [-0.15, -0.1) is 11.6 Å². The molecule has 1 aromatic rings. The van der Waals surface area contributed by atoms with E-state index < -0.39 is 0 Å². The van der Waals surface area contributed by atoms with Crippen LogP contribution in [0.5, 0.6) is 5.75 Å². The van der Waals surface area contributed by atoms with E-state index in [2.05, 4.69) is 0 Å². The van der Waals surface area contributed by atoms with Crippen LogP contribution in [0.2, 0.25) is 0 Å². The molecule has 0 saturated heterocycles. The zero-order valence-corrected chi connectivity index (χ0v) is 12.8. The summed E-state index contributed by atoms with van der Waals surface area (Å²) in [4.78, 5) is 0. The van der Waals surface area contributed by atoms with Crippen molar-refractivity contribution in [2.24, 2.45) is 5.41 Å². The number of halogens is 2. The smallest absolute Gasteiger partial charge is 0.126 e. The quantitative estimate of drug-likeness (QED) is 0.679. The van der Waals surface area contributed by atoms with Crippen molar-refractivity contribution in [1.29, 1.82) is 0 Å². The van der Waals surface area contributed by atoms with Gasteiger partial charge in [0.2, 0.25) is 0 Å². The maximum absolute atomic E-state index is 13.3. The van der Waals surface area contributed by atoms with Crippen LogP contribution in [-0.4, -0.2) is 11.5 Å². The molecule has 2 atom stereocenters. The molecule has 0 aliphatic heterocycles. The molecule has 0 heterocycles. The molecular weight excluding hydrogens is 275 g/mol. The van der Waals surface area contributed by atoms with Crippen molar-refractivity contribution in [2.45, 2.75) is 63.4 Å². The molecule has 0 N–H and O–H groups in total. The van der Waals surface area contributed by atoms with Gasteiger partial charge in [-0.25, -0.2) is 4.39 Å². The summed E-state index contributed by atoms with van der Waals surface area (Å²) in [5, 5.41) is 0.243. The highest BCUT2D eigenvalue weighted by Crippen LogP contribution is 2.55. The van der Waals surface area contributed by atoms with Gasteiger partial charge in [0.15, 0.2) is 0 Å². The summed E-state index contributed by atoms with van der Waals surface area (Å²) in [6, 6.07) is 5.01. The van der Waals surface area contributed by atoms with Gasteiger partial charge in [0.05, 0.1) is 0 Å². The van der Waals surface area contributed by atoms with Gasteiger partial charge >= 0.3 is 0 Å². The van der Waals surface area contributed by atoms with Gasteiger partial charge in [-0.2, -0.15) is 0 Å². The molecule has 2 saturated carbocycles. The molecule has 3 rings (SSSR count). The molecule has 110 valence electrons. The number of alkyl halides is 1. The first-order valence-electron chi connectivity index (χ1n) is 7.69. The van der Waals surface area contributed by atoms with Crippen LogP contribution >= 0.6 is 11.6 Å². The van der Waals surface area contributed by atoms with E-state index in [1.165, 1.54) is 44.6 Å². The van der Waals surface area contributed by atoms with Gasteiger partial charge in [0.25, 0.3) is 0 Å². The largest absolute Gasteiger partial charge is 0.490 e. The van der Waals surface area contributed by atoms with E-state index in [0.29, 0.717) is 5.56 Å². The first-order valence-corrected chi connectivity index (χ1v) is 8.12. The Labute approximate surface area is 125 Å². The monoisotopic (exact) mass is 296 g/mol. The van der Waals surface area contributed by atoms with Crippen LogP contribution in [0.25, 0.3) is 0 Å². The molecule has 1 aromatic carbocycles. The molecule has 0 aromatic heterocycles. The third kappa shape index (κ3) is 2.43. The summed E-state index contributed by atoms with van der Waals surface area (Å²) in [6.07, 6.45) is 8.60. The molecule has 1 nitrogen and oxygen atoms in total. The van der Waals surface area contributed by atoms with Crippen molar-refractivity contribution in [3.8, 4) is 5.75 Å². The molecule has 20 heavy (non-hydrogen) atoms. The number of aryl methyl sites for hydroxylation is 1. The predicted octanol–water partition coefficient (Wildman–Crippen LogP) is 5.23. The van der Waals surface area contributed by atoms with Crippen molar-refractivity contribution < 1.29 is 9.13 Å². The molecule has 2 fully saturated rings. The second-order valence-electron chi connectivity index (χ2n) is 6.37. The van der Waals surface area contributed by atoms with Crippen molar-refractivity contribution >= 4 is 11.6 Å². The van der Waals surface area contributed by atoms with Gasteiger partial charge in [-0.05, 0) is 43.5 Å². The molecule has 3 heteroatoms. The first-order chi connectivity index (χ1) is 9.62. The molecule has 2 aliphatic rings. The summed E-state index contributed by atoms with van der Waals surface area (Å²) in [5.41, 5.74) is 0.791. The van der Waals surface area contributed by atoms with Gasteiger partial charge in [-0.3, -0.25) is 0 Å². The average molecular weight is 297 g/mol. The molecule has 0 radical (unpaired) electrons. The van der Waals surface area contributed by atoms with E-state index >= 15 is 0 Å². The number of benzene rings is 1. The SMILES string of the molecule is Cc1cc(OC2CC(Cl)C23CCCCCC3)ccc1F. The van der Waals surface area contributed by atoms with E-state index in [9.17, 15) is 4.39 Å². The van der Waals surface area contributed by atoms with Crippen molar-refractivity contribution in [3.63, 3.8) is 0 Å². The lowest BCUT2D eigenvalue weighted by Crippen LogP contribution is -2.57. The number of hydrogen-bond donors (Lipinski definition) is 0. The average Bonchev–Trinajstić information content (AvgIpc) is 2.70. The topological polar surface area (TPSA) is 9.23 Å². The summed E-state index contributed by atoms with van der Waals surface area (Å²) < 4.78 is 19.5. The number of rotatable bonds is 2. The number of hydrogen-bond acceptors (Lipinski definition) is 1. The molecule has 1 spiro atoms. The Balaban J connectivity index is 1.75. The highest BCUT2D eigenvalue weighted by atomic mass is 35.5. The van der Waals surface area contributed by atoms with E-state index in [0.717, 1.165) is 12.2 Å². The lowest BCUT2D eigenvalue weighted by atomic mass is 9.61. The van der Waals surface area contributed by atoms with Crippen molar-refractivity contribution in [2.75, 3.05) is 0 Å². The van der Waals surface area contributed by atoms with E-state index in [1.807, 2.05) is 0 Å². The number of ether oxygens (including phenoxy) is 1. The molecule has 0 amide bonds. The fraction of sp³-hybridized carbons (Fsp3) is 0.647. The Bertz CT molecular complexity index is 480. The summed E-state index contributed by atoms with van der Waals surface area (Å²) in [6.45, 7) is 1.77. The summed E-state index contributed by atoms with van der Waals surface area (Å²) >= 11 is 6.53. The predicted molar refractivity (Wildman–Crippen MR) is 79.9 cm³/mol. The normalized spacial score (nSPS) is 28.8. The molecule has 0 bridgehead atoms. The lowest BCUT2D eigenvalue weighted by molar-refractivity contribution is -0.0513. The molecule has 2 unspecified atom stereocenters. The Morgan fingerprint density at radius 2 is 1.90 bits per heavy atom. The van der Waals surface area contributed by atoms with Crippen LogP contribution in [0.3, 0.4) is 0 Å². The van der Waals surface area contributed by atoms with Crippen LogP contribution in [0.4, 0.5) is 4.39 Å². The standard InChI is InChI=1S/C17H22ClFO/c1-12-10-13(6-7-14(12)19)20-16-11-15(18)17(16)8-4-2-3-5-9-17/h6-7,10,15-16H,2-5,8-9,11H2,1H3. The molecular formula is C17H22ClFO. The highest BCUT2D eigenvalue weighted by molar-refractivity contribution is 6.21. The lowest BCUT2D eigenvalue weighted by Gasteiger charge is -2.53. The van der Waals surface area contributed by atoms with Crippen LogP contribution in [-0.2, 0) is 0 Å². The van der Waals surface area contributed by atoms with E-state index in [4.69, 9.17) is 16.3 Å². The maximum Gasteiger partial charge on any atom is 0.126 e. The van der Waals surface area contributed by atoms with Gasteiger partial charge < -0.3 is 4.74 Å². The molecule has 2 aliphatic carbocycles. The zero-order chi connectivity index (χ0) is 14.2. The third-order valence-corrected chi connectivity index (χ3v) is 5.74. The first kappa shape index (κ1) is 14.2. The van der Waals surface area contributed by atoms with Crippen LogP contribution < -0.4 is 4.74 Å². The van der Waals surface area contributed by atoms with E-state index in [-0.39, 0.29) is 22.7 Å². The third-order valence-electron chi connectivity index (χ3n) is 5.13. The van der Waals surface area contributed by atoms with Gasteiger partial charge in [0, 0.05) is 17.2 Å². The Morgan fingerprint density at radius 1 is 1.20 bits per heavy atom. The minimum absolute atomic E-state index is 0.153. The second kappa shape index (κ2) is 5.55. The Hall–Kier alpha value is -0.760. The van der Waals surface area contributed by atoms with Crippen molar-refractivity contribution in [3.05, 3.63) is 29.6 Å². The van der Waals surface area contributed by atoms with Crippen LogP contribution in [0.15, 0.2) is 18.2 Å². The fourth-order valence-corrected chi connectivity index (χ4v) is 4.26. The Morgan fingerprint density at radius 3 is 2.50 bits per heavy atom. The van der Waals surface area contributed by atoms with Crippen LogP contribution in [0, 0.1) is 18.2 Å². The second-order valence-corrected chi connectivity index (χ2v) is 6.89. The van der Waals surface area contributed by atoms with Crippen molar-refractivity contribution in [1.82, 2.24) is 0 Å². The minimum Gasteiger partial charge on any atom is -0.490 e. The minimum atomic E-state index is -0.176. The highest BCUT2D eigenvalue weighted by Gasteiger charge is 2.55. The van der Waals surface area contributed by atoms with Gasteiger partial charge in [-0.1, -0.05) is 25.7 Å².